The summed E-state index contributed by atoms with van der Waals surface area (Å²) in [6.45, 7) is 3.74. The van der Waals surface area contributed by atoms with Crippen LogP contribution < -0.4 is 14.8 Å². The molecule has 0 spiro atoms. The van der Waals surface area contributed by atoms with E-state index in [0.29, 0.717) is 41.7 Å². The van der Waals surface area contributed by atoms with Crippen LogP contribution in [0.2, 0.25) is 0 Å². The van der Waals surface area contributed by atoms with Gasteiger partial charge < -0.3 is 15.0 Å². The number of sulfonamides is 1. The molecule has 2 amide bonds. The second-order valence-electron chi connectivity index (χ2n) is 7.95. The predicted octanol–water partition coefficient (Wildman–Crippen LogP) is 3.70. The lowest BCUT2D eigenvalue weighted by atomic mass is 10.2. The molecule has 1 fully saturated rings. The van der Waals surface area contributed by atoms with E-state index in [1.165, 1.54) is 23.9 Å². The summed E-state index contributed by atoms with van der Waals surface area (Å²) < 4.78 is 33.6. The Morgan fingerprint density at radius 2 is 1.82 bits per heavy atom. The number of thioether (sulfide) groups is 1. The Kier molecular flexibility index (Phi) is 7.14. The average molecular weight is 490 g/mol. The lowest BCUT2D eigenvalue weighted by molar-refractivity contribution is -0.133. The Morgan fingerprint density at radius 1 is 1.12 bits per heavy atom. The minimum Gasteiger partial charge on any atom is -0.494 e. The molecule has 8 nitrogen and oxygen atoms in total. The second-order valence-corrected chi connectivity index (χ2v) is 10.8. The number of anilines is 2. The number of hydrogen-bond acceptors (Lipinski definition) is 6. The van der Waals surface area contributed by atoms with Crippen molar-refractivity contribution >= 4 is 45.0 Å². The van der Waals surface area contributed by atoms with Gasteiger partial charge in [-0.15, -0.1) is 11.8 Å². The van der Waals surface area contributed by atoms with Gasteiger partial charge in [0.25, 0.3) is 10.0 Å². The topological polar surface area (TPSA) is 105 Å². The zero-order valence-corrected chi connectivity index (χ0v) is 20.0. The molecular weight excluding hydrogens is 462 g/mol. The molecule has 1 saturated heterocycles. The molecule has 0 radical (unpaired) electrons. The highest BCUT2D eigenvalue weighted by atomic mass is 32.2. The summed E-state index contributed by atoms with van der Waals surface area (Å²) in [6.07, 6.45) is 4.09. The minimum atomic E-state index is -3.87. The Hall–Kier alpha value is -2.72. The van der Waals surface area contributed by atoms with Crippen molar-refractivity contribution < 1.29 is 22.7 Å². The first kappa shape index (κ1) is 23.4. The first-order chi connectivity index (χ1) is 15.9. The number of amides is 2. The van der Waals surface area contributed by atoms with Gasteiger partial charge in [-0.1, -0.05) is 12.8 Å². The average Bonchev–Trinajstić information content (AvgIpc) is 3.09. The fraction of sp³-hybridized carbons (Fsp3) is 0.391. The van der Waals surface area contributed by atoms with Gasteiger partial charge in [0, 0.05) is 23.7 Å². The van der Waals surface area contributed by atoms with Gasteiger partial charge in [0.2, 0.25) is 11.8 Å². The molecule has 10 heteroatoms. The summed E-state index contributed by atoms with van der Waals surface area (Å²) in [4.78, 5) is 28.1. The number of likely N-dealkylation sites (tertiary alicyclic amines) is 1. The van der Waals surface area contributed by atoms with E-state index in [4.69, 9.17) is 4.74 Å². The maximum absolute atomic E-state index is 12.9. The molecule has 0 saturated carbocycles. The van der Waals surface area contributed by atoms with Crippen LogP contribution in [0.1, 0.15) is 32.6 Å². The molecule has 176 valence electrons. The van der Waals surface area contributed by atoms with Crippen molar-refractivity contribution in [1.29, 1.82) is 0 Å². The number of carbonyl (C=O) groups is 2. The van der Waals surface area contributed by atoms with Crippen LogP contribution in [0.4, 0.5) is 11.4 Å². The van der Waals surface area contributed by atoms with Crippen molar-refractivity contribution in [2.24, 2.45) is 0 Å². The molecule has 1 atom stereocenters. The van der Waals surface area contributed by atoms with Crippen LogP contribution in [-0.2, 0) is 19.6 Å². The number of nitrogens with one attached hydrogen (secondary N) is 2. The number of ether oxygens (including phenoxy) is 1. The molecule has 0 aliphatic carbocycles. The standard InChI is InChI=1S/C23H27N3O5S2/c1-2-31-17-9-7-16(8-10-17)25-33(29,30)18-11-12-20-19(15-18)24-22(27)21(32-20)23(28)26-13-5-3-4-6-14-26/h7-12,15,21,25H,2-6,13-14H2,1H3,(H,24,27)/t21-/m0/s1. The predicted molar refractivity (Wildman–Crippen MR) is 128 cm³/mol. The molecule has 0 unspecified atom stereocenters. The SMILES string of the molecule is CCOc1ccc(NS(=O)(=O)c2ccc3c(c2)NC(=O)[C@@H](C(=O)N2CCCCCC2)S3)cc1. The molecule has 2 N–H and O–H groups in total. The van der Waals surface area contributed by atoms with Gasteiger partial charge in [-0.2, -0.15) is 0 Å². The Labute approximate surface area is 198 Å². The highest BCUT2D eigenvalue weighted by molar-refractivity contribution is 8.01. The first-order valence-electron chi connectivity index (χ1n) is 11.0. The number of rotatable bonds is 6. The molecule has 2 aromatic rings. The van der Waals surface area contributed by atoms with E-state index < -0.39 is 21.2 Å². The summed E-state index contributed by atoms with van der Waals surface area (Å²) in [5.74, 6) is 0.0490. The van der Waals surface area contributed by atoms with E-state index in [1.807, 2.05) is 6.92 Å². The largest absolute Gasteiger partial charge is 0.494 e. The number of hydrogen-bond donors (Lipinski definition) is 2. The van der Waals surface area contributed by atoms with Crippen molar-refractivity contribution in [2.45, 2.75) is 47.6 Å². The highest BCUT2D eigenvalue weighted by Crippen LogP contribution is 2.38. The number of carbonyl (C=O) groups excluding carboxylic acids is 2. The van der Waals surface area contributed by atoms with Gasteiger partial charge in [0.15, 0.2) is 5.25 Å². The van der Waals surface area contributed by atoms with Gasteiger partial charge in [-0.25, -0.2) is 8.42 Å². The van der Waals surface area contributed by atoms with Crippen LogP contribution >= 0.6 is 11.8 Å². The van der Waals surface area contributed by atoms with Gasteiger partial charge in [0.05, 0.1) is 17.2 Å². The van der Waals surface area contributed by atoms with Gasteiger partial charge >= 0.3 is 0 Å². The molecule has 2 heterocycles. The smallest absolute Gasteiger partial charge is 0.261 e. The summed E-state index contributed by atoms with van der Waals surface area (Å²) in [5.41, 5.74) is 0.789. The summed E-state index contributed by atoms with van der Waals surface area (Å²) >= 11 is 1.17. The maximum Gasteiger partial charge on any atom is 0.261 e. The Morgan fingerprint density at radius 3 is 2.48 bits per heavy atom. The molecule has 33 heavy (non-hydrogen) atoms. The van der Waals surface area contributed by atoms with Crippen LogP contribution in [0.3, 0.4) is 0 Å². The molecule has 0 aromatic heterocycles. The zero-order valence-electron chi connectivity index (χ0n) is 18.4. The number of benzene rings is 2. The third kappa shape index (κ3) is 5.44. The fourth-order valence-electron chi connectivity index (χ4n) is 3.87. The van der Waals surface area contributed by atoms with E-state index in [9.17, 15) is 18.0 Å². The van der Waals surface area contributed by atoms with Crippen molar-refractivity contribution in [1.82, 2.24) is 4.90 Å². The normalized spacial score (nSPS) is 18.6. The molecule has 4 rings (SSSR count). The van der Waals surface area contributed by atoms with Gasteiger partial charge in [0.1, 0.15) is 5.75 Å². The van der Waals surface area contributed by atoms with Crippen molar-refractivity contribution in [3.05, 3.63) is 42.5 Å². The maximum atomic E-state index is 12.9. The van der Waals surface area contributed by atoms with Gasteiger partial charge in [-0.3, -0.25) is 14.3 Å². The number of nitrogens with zero attached hydrogens (tertiary/aromatic N) is 1. The molecule has 2 aliphatic rings. The van der Waals surface area contributed by atoms with E-state index >= 15 is 0 Å². The monoisotopic (exact) mass is 489 g/mol. The van der Waals surface area contributed by atoms with Crippen molar-refractivity contribution in [3.63, 3.8) is 0 Å². The Balaban J connectivity index is 1.49. The second kappa shape index (κ2) is 10.0. The molecule has 2 aliphatic heterocycles. The third-order valence-corrected chi connectivity index (χ3v) is 8.20. The Bertz CT molecular complexity index is 1130. The van der Waals surface area contributed by atoms with Crippen molar-refractivity contribution in [3.8, 4) is 5.75 Å². The summed E-state index contributed by atoms with van der Waals surface area (Å²) in [6, 6.07) is 11.2. The van der Waals surface area contributed by atoms with Crippen LogP contribution in [0.15, 0.2) is 52.3 Å². The van der Waals surface area contributed by atoms with Crippen molar-refractivity contribution in [2.75, 3.05) is 29.7 Å². The van der Waals surface area contributed by atoms with E-state index in [0.717, 1.165) is 25.7 Å². The lowest BCUT2D eigenvalue weighted by Crippen LogP contribution is -2.45. The van der Waals surface area contributed by atoms with Crippen LogP contribution in [0, 0.1) is 0 Å². The highest BCUT2D eigenvalue weighted by Gasteiger charge is 2.36. The first-order valence-corrected chi connectivity index (χ1v) is 13.4. The quantitative estimate of drug-likeness (QED) is 0.600. The fourth-order valence-corrected chi connectivity index (χ4v) is 6.01. The van der Waals surface area contributed by atoms with E-state index in [1.54, 1.807) is 35.2 Å². The van der Waals surface area contributed by atoms with Crippen LogP contribution in [0.5, 0.6) is 5.75 Å². The van der Waals surface area contributed by atoms with E-state index in [2.05, 4.69) is 10.0 Å². The minimum absolute atomic E-state index is 0.0216. The molecular formula is C23H27N3O5S2. The van der Waals surface area contributed by atoms with Crippen LogP contribution in [-0.4, -0.2) is 50.1 Å². The summed E-state index contributed by atoms with van der Waals surface area (Å²) in [5, 5.41) is 1.87. The lowest BCUT2D eigenvalue weighted by Gasteiger charge is -2.28. The van der Waals surface area contributed by atoms with Crippen LogP contribution in [0.25, 0.3) is 0 Å². The van der Waals surface area contributed by atoms with Gasteiger partial charge in [-0.05, 0) is 62.2 Å². The molecule has 0 bridgehead atoms. The summed E-state index contributed by atoms with van der Waals surface area (Å²) in [7, 11) is -3.87. The third-order valence-electron chi connectivity index (χ3n) is 5.56. The zero-order chi connectivity index (χ0) is 23.4. The number of fused-ring (bicyclic) bond motifs is 1. The van der Waals surface area contributed by atoms with E-state index in [-0.39, 0.29) is 10.8 Å². The molecule has 2 aromatic carbocycles.